The van der Waals surface area contributed by atoms with E-state index in [-0.39, 0.29) is 6.10 Å². The molecule has 0 fully saturated rings. The van der Waals surface area contributed by atoms with Crippen LogP contribution in [-0.2, 0) is 14.3 Å². The summed E-state index contributed by atoms with van der Waals surface area (Å²) in [6.45, 7) is 12.4. The molecule has 0 saturated carbocycles. The Labute approximate surface area is 149 Å². The van der Waals surface area contributed by atoms with Gasteiger partial charge in [0.2, 0.25) is 0 Å². The lowest BCUT2D eigenvalue weighted by Crippen LogP contribution is -2.44. The van der Waals surface area contributed by atoms with Gasteiger partial charge in [-0.15, -0.1) is 0 Å². The number of esters is 1. The van der Waals surface area contributed by atoms with Crippen molar-refractivity contribution in [2.45, 2.75) is 72.3 Å². The number of alkyl carbamates (subject to hydrolysis) is 1. The Morgan fingerprint density at radius 2 is 1.56 bits per heavy atom. The SMILES string of the molecule is Cc1ccc(O[C@H](C)[C@H](C)OC(=O)[C@H](C)NC(=O)OC(C)(C)C)cc1. The molecule has 0 saturated heterocycles. The smallest absolute Gasteiger partial charge is 0.408 e. The molecule has 6 heteroatoms. The van der Waals surface area contributed by atoms with E-state index in [0.29, 0.717) is 5.75 Å². The van der Waals surface area contributed by atoms with Crippen LogP contribution in [0.2, 0.25) is 0 Å². The first-order valence-corrected chi connectivity index (χ1v) is 8.41. The Bertz CT molecular complexity index is 576. The van der Waals surface area contributed by atoms with Gasteiger partial charge in [0.25, 0.3) is 0 Å². The molecule has 0 aromatic heterocycles. The third-order valence-corrected chi connectivity index (χ3v) is 3.39. The summed E-state index contributed by atoms with van der Waals surface area (Å²) in [5.74, 6) is 0.165. The standard InChI is InChI=1S/C19H29NO5/c1-12-8-10-16(11-9-12)23-14(3)15(4)24-17(21)13(2)20-18(22)25-19(5,6)7/h8-11,13-15H,1-7H3,(H,20,22)/t13-,14+,15-/m0/s1. The summed E-state index contributed by atoms with van der Waals surface area (Å²) in [5.41, 5.74) is 0.513. The molecule has 0 bridgehead atoms. The summed E-state index contributed by atoms with van der Waals surface area (Å²) >= 11 is 0. The summed E-state index contributed by atoms with van der Waals surface area (Å²) < 4.78 is 16.3. The van der Waals surface area contributed by atoms with Crippen molar-refractivity contribution < 1.29 is 23.8 Å². The Kier molecular flexibility index (Phi) is 7.27. The van der Waals surface area contributed by atoms with E-state index in [1.807, 2.05) is 38.1 Å². The number of benzene rings is 1. The van der Waals surface area contributed by atoms with Gasteiger partial charge in [-0.3, -0.25) is 0 Å². The number of carbonyl (C=O) groups excluding carboxylic acids is 2. The Balaban J connectivity index is 2.48. The van der Waals surface area contributed by atoms with Crippen molar-refractivity contribution >= 4 is 12.1 Å². The zero-order valence-corrected chi connectivity index (χ0v) is 16.1. The average molecular weight is 351 g/mol. The Morgan fingerprint density at radius 1 is 1.00 bits per heavy atom. The van der Waals surface area contributed by atoms with Crippen LogP contribution in [-0.4, -0.2) is 35.9 Å². The van der Waals surface area contributed by atoms with Crippen LogP contribution >= 0.6 is 0 Å². The Morgan fingerprint density at radius 3 is 2.08 bits per heavy atom. The molecule has 0 heterocycles. The van der Waals surface area contributed by atoms with E-state index in [1.54, 1.807) is 34.6 Å². The number of carbonyl (C=O) groups is 2. The number of rotatable bonds is 6. The zero-order chi connectivity index (χ0) is 19.2. The largest absolute Gasteiger partial charge is 0.487 e. The first-order chi connectivity index (χ1) is 11.5. The second-order valence-corrected chi connectivity index (χ2v) is 7.15. The number of amides is 1. The second kappa shape index (κ2) is 8.74. The van der Waals surface area contributed by atoms with Crippen LogP contribution in [0.1, 0.15) is 47.1 Å². The van der Waals surface area contributed by atoms with Gasteiger partial charge >= 0.3 is 12.1 Å². The van der Waals surface area contributed by atoms with Crippen molar-refractivity contribution in [3.63, 3.8) is 0 Å². The number of nitrogens with one attached hydrogen (secondary N) is 1. The quantitative estimate of drug-likeness (QED) is 0.793. The number of hydrogen-bond donors (Lipinski definition) is 1. The predicted octanol–water partition coefficient (Wildman–Crippen LogP) is 3.61. The maximum Gasteiger partial charge on any atom is 0.408 e. The lowest BCUT2D eigenvalue weighted by atomic mass is 10.2. The molecular weight excluding hydrogens is 322 g/mol. The van der Waals surface area contributed by atoms with Gasteiger partial charge in [-0.1, -0.05) is 17.7 Å². The zero-order valence-electron chi connectivity index (χ0n) is 16.1. The van der Waals surface area contributed by atoms with E-state index in [0.717, 1.165) is 5.56 Å². The Hall–Kier alpha value is -2.24. The van der Waals surface area contributed by atoms with Crippen molar-refractivity contribution in [1.82, 2.24) is 5.32 Å². The molecule has 0 unspecified atom stereocenters. The molecule has 1 aromatic rings. The highest BCUT2D eigenvalue weighted by Gasteiger charge is 2.25. The van der Waals surface area contributed by atoms with E-state index in [1.165, 1.54) is 0 Å². The van der Waals surface area contributed by atoms with Crippen LogP contribution in [0.25, 0.3) is 0 Å². The normalized spacial score (nSPS) is 14.8. The molecule has 3 atom stereocenters. The monoisotopic (exact) mass is 351 g/mol. The molecule has 0 aliphatic carbocycles. The van der Waals surface area contributed by atoms with E-state index >= 15 is 0 Å². The fourth-order valence-corrected chi connectivity index (χ4v) is 1.85. The number of ether oxygens (including phenoxy) is 3. The van der Waals surface area contributed by atoms with Gasteiger partial charge in [-0.2, -0.15) is 0 Å². The van der Waals surface area contributed by atoms with Gasteiger partial charge in [-0.25, -0.2) is 9.59 Å². The van der Waals surface area contributed by atoms with Crippen molar-refractivity contribution in [3.05, 3.63) is 29.8 Å². The van der Waals surface area contributed by atoms with Crippen molar-refractivity contribution in [2.75, 3.05) is 0 Å². The lowest BCUT2D eigenvalue weighted by molar-refractivity contribution is -0.154. The van der Waals surface area contributed by atoms with Gasteiger partial charge in [0, 0.05) is 0 Å². The molecule has 1 amide bonds. The fraction of sp³-hybridized carbons (Fsp3) is 0.579. The molecule has 0 aliphatic heterocycles. The molecular formula is C19H29NO5. The molecule has 0 aliphatic rings. The topological polar surface area (TPSA) is 73.9 Å². The summed E-state index contributed by atoms with van der Waals surface area (Å²) in [6, 6.07) is 6.82. The molecule has 0 spiro atoms. The van der Waals surface area contributed by atoms with Crippen molar-refractivity contribution in [2.24, 2.45) is 0 Å². The van der Waals surface area contributed by atoms with E-state index in [2.05, 4.69) is 5.32 Å². The van der Waals surface area contributed by atoms with Gasteiger partial charge in [0.05, 0.1) is 0 Å². The predicted molar refractivity (Wildman–Crippen MR) is 95.7 cm³/mol. The van der Waals surface area contributed by atoms with Gasteiger partial charge in [0.15, 0.2) is 0 Å². The van der Waals surface area contributed by atoms with Gasteiger partial charge < -0.3 is 19.5 Å². The number of aryl methyl sites for hydroxylation is 1. The second-order valence-electron chi connectivity index (χ2n) is 7.15. The highest BCUT2D eigenvalue weighted by Crippen LogP contribution is 2.16. The van der Waals surface area contributed by atoms with Crippen LogP contribution in [0.15, 0.2) is 24.3 Å². The molecule has 25 heavy (non-hydrogen) atoms. The fourth-order valence-electron chi connectivity index (χ4n) is 1.85. The third kappa shape index (κ3) is 7.92. The van der Waals surface area contributed by atoms with Crippen LogP contribution in [0.4, 0.5) is 4.79 Å². The summed E-state index contributed by atoms with van der Waals surface area (Å²) in [5, 5.41) is 2.46. The van der Waals surface area contributed by atoms with Gasteiger partial charge in [-0.05, 0) is 60.6 Å². The minimum Gasteiger partial charge on any atom is -0.487 e. The minimum absolute atomic E-state index is 0.333. The maximum absolute atomic E-state index is 12.1. The molecule has 140 valence electrons. The third-order valence-electron chi connectivity index (χ3n) is 3.39. The van der Waals surface area contributed by atoms with Crippen LogP contribution in [0.3, 0.4) is 0 Å². The maximum atomic E-state index is 12.1. The first kappa shape index (κ1) is 20.8. The average Bonchev–Trinajstić information content (AvgIpc) is 2.47. The van der Waals surface area contributed by atoms with E-state index in [4.69, 9.17) is 14.2 Å². The summed E-state index contributed by atoms with van der Waals surface area (Å²) in [6.07, 6.45) is -1.47. The highest BCUT2D eigenvalue weighted by atomic mass is 16.6. The van der Waals surface area contributed by atoms with E-state index < -0.39 is 29.8 Å². The lowest BCUT2D eigenvalue weighted by Gasteiger charge is -2.24. The molecule has 0 radical (unpaired) electrons. The summed E-state index contributed by atoms with van der Waals surface area (Å²) in [7, 11) is 0. The van der Waals surface area contributed by atoms with Crippen molar-refractivity contribution in [1.29, 1.82) is 0 Å². The summed E-state index contributed by atoms with van der Waals surface area (Å²) in [4.78, 5) is 23.8. The molecule has 6 nitrogen and oxygen atoms in total. The highest BCUT2D eigenvalue weighted by molar-refractivity contribution is 5.81. The van der Waals surface area contributed by atoms with E-state index in [9.17, 15) is 9.59 Å². The minimum atomic E-state index is -0.816. The van der Waals surface area contributed by atoms with Crippen LogP contribution in [0.5, 0.6) is 5.75 Å². The van der Waals surface area contributed by atoms with Crippen LogP contribution < -0.4 is 10.1 Å². The van der Waals surface area contributed by atoms with Crippen molar-refractivity contribution in [3.8, 4) is 5.75 Å². The van der Waals surface area contributed by atoms with Gasteiger partial charge in [0.1, 0.15) is 29.6 Å². The molecule has 1 rings (SSSR count). The molecule has 1 N–H and O–H groups in total. The first-order valence-electron chi connectivity index (χ1n) is 8.41. The number of hydrogen-bond acceptors (Lipinski definition) is 5. The molecule has 1 aromatic carbocycles. The van der Waals surface area contributed by atoms with Crippen LogP contribution in [0, 0.1) is 6.92 Å².